The topological polar surface area (TPSA) is 82.8 Å². The number of aryl methyl sites for hydroxylation is 1. The molecule has 0 aliphatic carbocycles. The van der Waals surface area contributed by atoms with Crippen LogP contribution in [0.5, 0.6) is 0 Å². The van der Waals surface area contributed by atoms with E-state index >= 15 is 0 Å². The molecule has 33 heavy (non-hydrogen) atoms. The monoisotopic (exact) mass is 457 g/mol. The summed E-state index contributed by atoms with van der Waals surface area (Å²) in [5.41, 5.74) is 0.690. The van der Waals surface area contributed by atoms with E-state index in [0.29, 0.717) is 56.2 Å². The van der Waals surface area contributed by atoms with Crippen LogP contribution < -0.4 is 0 Å². The molecule has 0 bridgehead atoms. The smallest absolute Gasteiger partial charge is 0.236 e. The zero-order valence-electron chi connectivity index (χ0n) is 19.0. The van der Waals surface area contributed by atoms with Crippen molar-refractivity contribution in [1.29, 1.82) is 0 Å². The third kappa shape index (κ3) is 6.60. The number of nitrogens with zero attached hydrogens (tertiary/aromatic N) is 5. The van der Waals surface area contributed by atoms with E-state index < -0.39 is 0 Å². The van der Waals surface area contributed by atoms with Crippen LogP contribution in [0.1, 0.15) is 44.4 Å². The molecule has 2 aromatic rings. The average Bonchev–Trinajstić information content (AvgIpc) is 3.12. The van der Waals surface area contributed by atoms with Crippen LogP contribution in [-0.2, 0) is 16.0 Å². The second-order valence-electron chi connectivity index (χ2n) is 8.82. The summed E-state index contributed by atoms with van der Waals surface area (Å²) >= 11 is 0. The first-order chi connectivity index (χ1) is 16.1. The van der Waals surface area contributed by atoms with Gasteiger partial charge in [-0.1, -0.05) is 18.0 Å². The molecule has 0 radical (unpaired) electrons. The van der Waals surface area contributed by atoms with Gasteiger partial charge in [-0.3, -0.25) is 14.5 Å². The molecule has 0 atom stereocenters. The van der Waals surface area contributed by atoms with Crippen molar-refractivity contribution in [2.75, 3.05) is 45.8 Å². The summed E-state index contributed by atoms with van der Waals surface area (Å²) in [6.07, 6.45) is 6.19. The number of hydrogen-bond donors (Lipinski definition) is 0. The van der Waals surface area contributed by atoms with Crippen LogP contribution in [-0.4, -0.2) is 82.5 Å². The van der Waals surface area contributed by atoms with Gasteiger partial charge in [-0.05, 0) is 43.5 Å². The SMILES string of the molecule is O=C(CCCc1nc(-c2ccc(F)cc2)no1)N1CCN(CC(=O)N2CCCCCC2)CC1. The van der Waals surface area contributed by atoms with Crippen molar-refractivity contribution in [2.45, 2.75) is 44.9 Å². The molecule has 0 unspecified atom stereocenters. The summed E-state index contributed by atoms with van der Waals surface area (Å²) in [7, 11) is 0. The summed E-state index contributed by atoms with van der Waals surface area (Å²) in [4.78, 5) is 35.6. The van der Waals surface area contributed by atoms with Crippen molar-refractivity contribution in [2.24, 2.45) is 0 Å². The number of amides is 2. The third-order valence-corrected chi connectivity index (χ3v) is 6.39. The number of aromatic nitrogens is 2. The van der Waals surface area contributed by atoms with Crippen LogP contribution in [0, 0.1) is 5.82 Å². The third-order valence-electron chi connectivity index (χ3n) is 6.39. The lowest BCUT2D eigenvalue weighted by molar-refractivity contribution is -0.135. The Morgan fingerprint density at radius 3 is 2.24 bits per heavy atom. The largest absolute Gasteiger partial charge is 0.342 e. The highest BCUT2D eigenvalue weighted by atomic mass is 19.1. The number of rotatable bonds is 7. The summed E-state index contributed by atoms with van der Waals surface area (Å²) < 4.78 is 18.3. The fourth-order valence-electron chi connectivity index (χ4n) is 4.39. The standard InChI is InChI=1S/C24H32FN5O3/c25-20-10-8-19(9-11-20)24-26-21(33-27-24)6-5-7-22(31)30-16-14-28(15-17-30)18-23(32)29-12-3-1-2-4-13-29/h8-11H,1-7,12-18H2. The van der Waals surface area contributed by atoms with E-state index in [1.165, 1.54) is 25.0 Å². The molecule has 0 saturated carbocycles. The summed E-state index contributed by atoms with van der Waals surface area (Å²) in [5, 5.41) is 3.93. The maximum atomic E-state index is 13.1. The van der Waals surface area contributed by atoms with Crippen molar-refractivity contribution in [3.63, 3.8) is 0 Å². The van der Waals surface area contributed by atoms with Crippen molar-refractivity contribution >= 4 is 11.8 Å². The first-order valence-electron chi connectivity index (χ1n) is 11.9. The normalized spacial score (nSPS) is 17.7. The Kier molecular flexibility index (Phi) is 8.04. The molecule has 1 aromatic heterocycles. The van der Waals surface area contributed by atoms with E-state index in [1.54, 1.807) is 12.1 Å². The number of carbonyl (C=O) groups is 2. The van der Waals surface area contributed by atoms with Crippen molar-refractivity contribution in [3.05, 3.63) is 36.0 Å². The number of benzene rings is 1. The van der Waals surface area contributed by atoms with Crippen LogP contribution in [0.4, 0.5) is 4.39 Å². The summed E-state index contributed by atoms with van der Waals surface area (Å²) in [6, 6.07) is 5.92. The van der Waals surface area contributed by atoms with Gasteiger partial charge in [-0.25, -0.2) is 4.39 Å². The second kappa shape index (κ2) is 11.4. The van der Waals surface area contributed by atoms with Gasteiger partial charge < -0.3 is 14.3 Å². The van der Waals surface area contributed by atoms with Gasteiger partial charge in [0.2, 0.25) is 23.5 Å². The molecule has 0 N–H and O–H groups in total. The van der Waals surface area contributed by atoms with Gasteiger partial charge in [0, 0.05) is 57.7 Å². The van der Waals surface area contributed by atoms with Crippen LogP contribution in [0.2, 0.25) is 0 Å². The summed E-state index contributed by atoms with van der Waals surface area (Å²) in [5.74, 6) is 0.912. The highest BCUT2D eigenvalue weighted by Crippen LogP contribution is 2.17. The lowest BCUT2D eigenvalue weighted by Crippen LogP contribution is -2.51. The Labute approximate surface area is 193 Å². The first kappa shape index (κ1) is 23.4. The molecule has 8 nitrogen and oxygen atoms in total. The zero-order chi connectivity index (χ0) is 23.0. The van der Waals surface area contributed by atoms with Crippen molar-refractivity contribution in [3.8, 4) is 11.4 Å². The zero-order valence-corrected chi connectivity index (χ0v) is 19.0. The van der Waals surface area contributed by atoms with Crippen molar-refractivity contribution in [1.82, 2.24) is 24.8 Å². The van der Waals surface area contributed by atoms with Gasteiger partial charge in [0.05, 0.1) is 6.54 Å². The van der Waals surface area contributed by atoms with Gasteiger partial charge in [0.1, 0.15) is 5.82 Å². The van der Waals surface area contributed by atoms with E-state index in [9.17, 15) is 14.0 Å². The Morgan fingerprint density at radius 1 is 0.879 bits per heavy atom. The van der Waals surface area contributed by atoms with Crippen LogP contribution >= 0.6 is 0 Å². The minimum Gasteiger partial charge on any atom is -0.342 e. The summed E-state index contributed by atoms with van der Waals surface area (Å²) in [6.45, 7) is 4.98. The number of piperazine rings is 1. The maximum Gasteiger partial charge on any atom is 0.236 e. The maximum absolute atomic E-state index is 13.1. The van der Waals surface area contributed by atoms with Gasteiger partial charge in [-0.2, -0.15) is 4.98 Å². The van der Waals surface area contributed by atoms with Crippen LogP contribution in [0.15, 0.2) is 28.8 Å². The Morgan fingerprint density at radius 2 is 1.55 bits per heavy atom. The molecule has 2 aliphatic heterocycles. The molecule has 2 aliphatic rings. The fourth-order valence-corrected chi connectivity index (χ4v) is 4.39. The first-order valence-corrected chi connectivity index (χ1v) is 11.9. The lowest BCUT2D eigenvalue weighted by Gasteiger charge is -2.35. The van der Waals surface area contributed by atoms with E-state index in [2.05, 4.69) is 15.0 Å². The van der Waals surface area contributed by atoms with E-state index in [1.807, 2.05) is 9.80 Å². The van der Waals surface area contributed by atoms with Gasteiger partial charge in [-0.15, -0.1) is 0 Å². The Bertz CT molecular complexity index is 916. The minimum absolute atomic E-state index is 0.117. The predicted octanol–water partition coefficient (Wildman–Crippen LogP) is 2.75. The second-order valence-corrected chi connectivity index (χ2v) is 8.82. The molecule has 3 heterocycles. The van der Waals surface area contributed by atoms with Gasteiger partial charge >= 0.3 is 0 Å². The average molecular weight is 458 g/mol. The van der Waals surface area contributed by atoms with E-state index in [4.69, 9.17) is 4.52 Å². The van der Waals surface area contributed by atoms with E-state index in [0.717, 1.165) is 39.0 Å². The molecule has 4 rings (SSSR count). The number of hydrogen-bond acceptors (Lipinski definition) is 6. The molecular formula is C24H32FN5O3. The minimum atomic E-state index is -0.314. The number of carbonyl (C=O) groups excluding carboxylic acids is 2. The molecule has 2 fully saturated rings. The number of halogens is 1. The predicted molar refractivity (Wildman–Crippen MR) is 121 cm³/mol. The molecule has 2 saturated heterocycles. The van der Waals surface area contributed by atoms with Crippen LogP contribution in [0.25, 0.3) is 11.4 Å². The molecular weight excluding hydrogens is 425 g/mol. The quantitative estimate of drug-likeness (QED) is 0.636. The Hall–Kier alpha value is -2.81. The lowest BCUT2D eigenvalue weighted by atomic mass is 10.2. The molecule has 178 valence electrons. The number of likely N-dealkylation sites (tertiary alicyclic amines) is 1. The highest BCUT2D eigenvalue weighted by molar-refractivity contribution is 5.78. The van der Waals surface area contributed by atoms with Gasteiger partial charge in [0.25, 0.3) is 0 Å². The van der Waals surface area contributed by atoms with Gasteiger partial charge in [0.15, 0.2) is 0 Å². The van der Waals surface area contributed by atoms with Crippen LogP contribution in [0.3, 0.4) is 0 Å². The molecule has 2 amide bonds. The highest BCUT2D eigenvalue weighted by Gasteiger charge is 2.24. The molecule has 9 heteroatoms. The molecule has 0 spiro atoms. The van der Waals surface area contributed by atoms with E-state index in [-0.39, 0.29) is 17.6 Å². The molecule has 1 aromatic carbocycles. The van der Waals surface area contributed by atoms with Crippen molar-refractivity contribution < 1.29 is 18.5 Å². The Balaban J connectivity index is 1.15. The fraction of sp³-hybridized carbons (Fsp3) is 0.583.